The van der Waals surface area contributed by atoms with Crippen molar-refractivity contribution in [2.75, 3.05) is 0 Å². The number of aromatic nitrogens is 1. The first-order valence-electron chi connectivity index (χ1n) is 3.48. The standard InChI is InChI=1S/C7H7N3O3/c8-7(11)4-5-6(10(12)13)2-1-3-9-5/h1-3H,4H2,(H2,8,11). The molecule has 2 N–H and O–H groups in total. The molecule has 68 valence electrons. The summed E-state index contributed by atoms with van der Waals surface area (Å²) < 4.78 is 0. The molecular weight excluding hydrogens is 174 g/mol. The van der Waals surface area contributed by atoms with Gasteiger partial charge in [0.2, 0.25) is 5.91 Å². The van der Waals surface area contributed by atoms with Gasteiger partial charge < -0.3 is 5.73 Å². The van der Waals surface area contributed by atoms with E-state index in [-0.39, 0.29) is 17.8 Å². The van der Waals surface area contributed by atoms with Crippen LogP contribution in [-0.4, -0.2) is 15.8 Å². The Morgan fingerprint density at radius 1 is 1.69 bits per heavy atom. The summed E-state index contributed by atoms with van der Waals surface area (Å²) in [5.41, 5.74) is 4.81. The highest BCUT2D eigenvalue weighted by Gasteiger charge is 2.15. The van der Waals surface area contributed by atoms with Crippen LogP contribution in [-0.2, 0) is 11.2 Å². The van der Waals surface area contributed by atoms with Crippen LogP contribution in [0.5, 0.6) is 0 Å². The van der Waals surface area contributed by atoms with Crippen LogP contribution in [0, 0.1) is 10.1 Å². The average molecular weight is 181 g/mol. The van der Waals surface area contributed by atoms with Gasteiger partial charge in [0, 0.05) is 12.3 Å². The first-order chi connectivity index (χ1) is 6.11. The topological polar surface area (TPSA) is 99.1 Å². The Labute approximate surface area is 73.5 Å². The summed E-state index contributed by atoms with van der Waals surface area (Å²) in [6.07, 6.45) is 1.17. The van der Waals surface area contributed by atoms with Crippen molar-refractivity contribution >= 4 is 11.6 Å². The Morgan fingerprint density at radius 2 is 2.38 bits per heavy atom. The fraction of sp³-hybridized carbons (Fsp3) is 0.143. The Kier molecular flexibility index (Phi) is 2.53. The minimum absolute atomic E-state index is 0.0972. The van der Waals surface area contributed by atoms with Gasteiger partial charge in [-0.25, -0.2) is 0 Å². The fourth-order valence-electron chi connectivity index (χ4n) is 0.897. The first kappa shape index (κ1) is 9.11. The zero-order valence-corrected chi connectivity index (χ0v) is 6.64. The smallest absolute Gasteiger partial charge is 0.291 e. The second-order valence-corrected chi connectivity index (χ2v) is 2.37. The van der Waals surface area contributed by atoms with Crippen LogP contribution < -0.4 is 5.73 Å². The number of primary amides is 1. The molecule has 1 aromatic heterocycles. The first-order valence-corrected chi connectivity index (χ1v) is 3.48. The van der Waals surface area contributed by atoms with Crippen LogP contribution >= 0.6 is 0 Å². The Hall–Kier alpha value is -1.98. The van der Waals surface area contributed by atoms with E-state index in [2.05, 4.69) is 4.98 Å². The van der Waals surface area contributed by atoms with Gasteiger partial charge in [0.15, 0.2) is 0 Å². The summed E-state index contributed by atoms with van der Waals surface area (Å²) in [7, 11) is 0. The van der Waals surface area contributed by atoms with E-state index in [1.54, 1.807) is 0 Å². The van der Waals surface area contributed by atoms with Crippen molar-refractivity contribution in [3.63, 3.8) is 0 Å². The summed E-state index contributed by atoms with van der Waals surface area (Å²) in [5.74, 6) is -0.637. The van der Waals surface area contributed by atoms with E-state index in [0.717, 1.165) is 0 Å². The van der Waals surface area contributed by atoms with Crippen molar-refractivity contribution < 1.29 is 9.72 Å². The van der Waals surface area contributed by atoms with Crippen LogP contribution in [0.4, 0.5) is 5.69 Å². The molecule has 0 saturated heterocycles. The molecule has 0 fully saturated rings. The molecule has 13 heavy (non-hydrogen) atoms. The van der Waals surface area contributed by atoms with Crippen LogP contribution in [0.25, 0.3) is 0 Å². The van der Waals surface area contributed by atoms with Crippen LogP contribution in [0.3, 0.4) is 0 Å². The molecule has 1 heterocycles. The van der Waals surface area contributed by atoms with Gasteiger partial charge in [0.25, 0.3) is 5.69 Å². The SMILES string of the molecule is NC(=O)Cc1ncccc1[N+](=O)[O-]. The van der Waals surface area contributed by atoms with E-state index in [1.165, 1.54) is 18.3 Å². The van der Waals surface area contributed by atoms with Gasteiger partial charge in [-0.3, -0.25) is 19.9 Å². The molecule has 1 aromatic rings. The number of carbonyl (C=O) groups is 1. The maximum atomic E-state index is 10.5. The summed E-state index contributed by atoms with van der Waals surface area (Å²) in [6, 6.07) is 2.72. The van der Waals surface area contributed by atoms with Crippen LogP contribution in [0.2, 0.25) is 0 Å². The van der Waals surface area contributed by atoms with Gasteiger partial charge in [-0.15, -0.1) is 0 Å². The molecule has 1 amide bonds. The van der Waals surface area contributed by atoms with Crippen molar-refractivity contribution in [2.45, 2.75) is 6.42 Å². The monoisotopic (exact) mass is 181 g/mol. The Bertz CT molecular complexity index is 351. The number of nitrogens with zero attached hydrogens (tertiary/aromatic N) is 2. The number of hydrogen-bond acceptors (Lipinski definition) is 4. The lowest BCUT2D eigenvalue weighted by Crippen LogP contribution is -2.15. The molecule has 0 aliphatic heterocycles. The number of nitro groups is 1. The second kappa shape index (κ2) is 3.61. The lowest BCUT2D eigenvalue weighted by molar-refractivity contribution is -0.385. The molecule has 0 aliphatic carbocycles. The molecule has 0 unspecified atom stereocenters. The Morgan fingerprint density at radius 3 is 2.92 bits per heavy atom. The fourth-order valence-corrected chi connectivity index (χ4v) is 0.897. The van der Waals surface area contributed by atoms with Crippen molar-refractivity contribution in [3.8, 4) is 0 Å². The second-order valence-electron chi connectivity index (χ2n) is 2.37. The van der Waals surface area contributed by atoms with E-state index in [0.29, 0.717) is 0 Å². The number of amides is 1. The summed E-state index contributed by atoms with van der Waals surface area (Å²) >= 11 is 0. The lowest BCUT2D eigenvalue weighted by atomic mass is 10.2. The van der Waals surface area contributed by atoms with E-state index in [1.807, 2.05) is 0 Å². The third kappa shape index (κ3) is 2.22. The normalized spacial score (nSPS) is 9.54. The molecule has 6 heteroatoms. The zero-order valence-electron chi connectivity index (χ0n) is 6.64. The Balaban J connectivity index is 3.04. The van der Waals surface area contributed by atoms with Crippen molar-refractivity contribution in [2.24, 2.45) is 5.73 Å². The molecule has 0 atom stereocenters. The minimum Gasteiger partial charge on any atom is -0.369 e. The van der Waals surface area contributed by atoms with Crippen molar-refractivity contribution in [3.05, 3.63) is 34.1 Å². The summed E-state index contributed by atoms with van der Waals surface area (Å²) in [6.45, 7) is 0. The predicted molar refractivity (Wildman–Crippen MR) is 43.8 cm³/mol. The quantitative estimate of drug-likeness (QED) is 0.524. The average Bonchev–Trinajstić information content (AvgIpc) is 2.03. The molecule has 0 aliphatic rings. The van der Waals surface area contributed by atoms with Crippen molar-refractivity contribution in [1.82, 2.24) is 4.98 Å². The van der Waals surface area contributed by atoms with Gasteiger partial charge in [0.05, 0.1) is 11.3 Å². The third-order valence-electron chi connectivity index (χ3n) is 1.40. The number of pyridine rings is 1. The van der Waals surface area contributed by atoms with E-state index < -0.39 is 10.8 Å². The minimum atomic E-state index is -0.637. The lowest BCUT2D eigenvalue weighted by Gasteiger charge is -1.97. The highest BCUT2D eigenvalue weighted by atomic mass is 16.6. The highest BCUT2D eigenvalue weighted by Crippen LogP contribution is 2.14. The van der Waals surface area contributed by atoms with Gasteiger partial charge in [-0.1, -0.05) is 0 Å². The number of nitrogens with two attached hydrogens (primary N) is 1. The largest absolute Gasteiger partial charge is 0.369 e. The molecular formula is C7H7N3O3. The number of carbonyl (C=O) groups excluding carboxylic acids is 1. The summed E-state index contributed by atoms with van der Waals surface area (Å²) in [5, 5.41) is 10.4. The molecule has 0 radical (unpaired) electrons. The molecule has 0 aromatic carbocycles. The number of hydrogen-bond donors (Lipinski definition) is 1. The van der Waals surface area contributed by atoms with Crippen molar-refractivity contribution in [1.29, 1.82) is 0 Å². The van der Waals surface area contributed by atoms with Gasteiger partial charge in [-0.05, 0) is 6.07 Å². The van der Waals surface area contributed by atoms with Crippen LogP contribution in [0.1, 0.15) is 5.69 Å². The van der Waals surface area contributed by atoms with E-state index in [4.69, 9.17) is 5.73 Å². The van der Waals surface area contributed by atoms with Gasteiger partial charge in [0.1, 0.15) is 5.69 Å². The zero-order chi connectivity index (χ0) is 9.84. The number of rotatable bonds is 3. The molecule has 0 bridgehead atoms. The van der Waals surface area contributed by atoms with E-state index >= 15 is 0 Å². The molecule has 0 spiro atoms. The highest BCUT2D eigenvalue weighted by molar-refractivity contribution is 5.77. The van der Waals surface area contributed by atoms with Gasteiger partial charge in [-0.2, -0.15) is 0 Å². The van der Waals surface area contributed by atoms with Crippen LogP contribution in [0.15, 0.2) is 18.3 Å². The maximum Gasteiger partial charge on any atom is 0.291 e. The van der Waals surface area contributed by atoms with Gasteiger partial charge >= 0.3 is 0 Å². The third-order valence-corrected chi connectivity index (χ3v) is 1.40. The van der Waals surface area contributed by atoms with E-state index in [9.17, 15) is 14.9 Å². The molecule has 6 nitrogen and oxygen atoms in total. The predicted octanol–water partition coefficient (Wildman–Crippen LogP) is 0.0176. The molecule has 0 saturated carbocycles. The summed E-state index contributed by atoms with van der Waals surface area (Å²) in [4.78, 5) is 24.0. The molecule has 1 rings (SSSR count). The maximum absolute atomic E-state index is 10.5.